The lowest BCUT2D eigenvalue weighted by molar-refractivity contribution is 0.628. The molecule has 0 radical (unpaired) electrons. The molecule has 2 aromatic rings. The van der Waals surface area contributed by atoms with Gasteiger partial charge in [0.1, 0.15) is 5.82 Å². The van der Waals surface area contributed by atoms with E-state index in [-0.39, 0.29) is 5.82 Å². The summed E-state index contributed by atoms with van der Waals surface area (Å²) in [5, 5.41) is 3.09. The molecule has 1 aromatic carbocycles. The summed E-state index contributed by atoms with van der Waals surface area (Å²) in [5.41, 5.74) is 1.94. The zero-order valence-corrected chi connectivity index (χ0v) is 9.13. The Morgan fingerprint density at radius 1 is 1.40 bits per heavy atom. The van der Waals surface area contributed by atoms with Crippen molar-refractivity contribution in [1.29, 1.82) is 0 Å². The van der Waals surface area contributed by atoms with Crippen molar-refractivity contribution < 1.29 is 4.39 Å². The highest BCUT2D eigenvalue weighted by Gasteiger charge is 2.02. The molecular formula is C11H11FN2S. The van der Waals surface area contributed by atoms with Gasteiger partial charge in [-0.3, -0.25) is 9.78 Å². The molecule has 4 heteroatoms. The molecule has 78 valence electrons. The Hall–Kier alpha value is -1.42. The number of aromatic nitrogens is 2. The number of H-pyrrole nitrogens is 1. The largest absolute Gasteiger partial charge is 0.293 e. The van der Waals surface area contributed by atoms with E-state index in [1.54, 1.807) is 16.8 Å². The van der Waals surface area contributed by atoms with E-state index in [2.05, 4.69) is 17.7 Å². The van der Waals surface area contributed by atoms with E-state index in [1.807, 2.05) is 19.3 Å². The third kappa shape index (κ3) is 2.33. The van der Waals surface area contributed by atoms with Gasteiger partial charge in [0, 0.05) is 11.8 Å². The van der Waals surface area contributed by atoms with Crippen LogP contribution in [0.3, 0.4) is 0 Å². The molecule has 1 N–H and O–H groups in total. The Bertz CT molecular complexity index is 463. The van der Waals surface area contributed by atoms with E-state index in [9.17, 15) is 4.39 Å². The summed E-state index contributed by atoms with van der Waals surface area (Å²) in [4.78, 5) is 0.914. The van der Waals surface area contributed by atoms with Crippen LogP contribution in [0.5, 0.6) is 0 Å². The number of nitrogens with zero attached hydrogens (tertiary/aromatic N) is 1. The van der Waals surface area contributed by atoms with Gasteiger partial charge in [0.25, 0.3) is 0 Å². The number of halogens is 1. The monoisotopic (exact) mass is 222 g/mol. The van der Waals surface area contributed by atoms with Gasteiger partial charge in [-0.1, -0.05) is 0 Å². The Morgan fingerprint density at radius 3 is 2.53 bits per heavy atom. The number of nitrogens with one attached hydrogen (secondary N) is 1. The van der Waals surface area contributed by atoms with Crippen molar-refractivity contribution in [3.63, 3.8) is 0 Å². The minimum absolute atomic E-state index is 0.221. The second kappa shape index (κ2) is 3.98. The lowest BCUT2D eigenvalue weighted by Gasteiger charge is -2.12. The predicted molar refractivity (Wildman–Crippen MR) is 63.1 cm³/mol. The van der Waals surface area contributed by atoms with Crippen LogP contribution in [0.15, 0.2) is 35.4 Å². The van der Waals surface area contributed by atoms with Gasteiger partial charge in [0.2, 0.25) is 0 Å². The molecule has 0 aliphatic carbocycles. The molecule has 0 aliphatic rings. The highest BCUT2D eigenvalue weighted by molar-refractivity contribution is 7.84. The van der Waals surface area contributed by atoms with Crippen LogP contribution in [0.25, 0.3) is 17.5 Å². The molecule has 0 saturated carbocycles. The second-order valence-electron chi connectivity index (χ2n) is 3.34. The van der Waals surface area contributed by atoms with Crippen LogP contribution in [-0.2, 0) is 0 Å². The van der Waals surface area contributed by atoms with E-state index < -0.39 is 0 Å². The first kappa shape index (κ1) is 10.1. The molecule has 2 nitrogen and oxygen atoms in total. The summed E-state index contributed by atoms with van der Waals surface area (Å²) < 4.78 is 14.5. The fourth-order valence-electron chi connectivity index (χ4n) is 1.31. The van der Waals surface area contributed by atoms with Gasteiger partial charge >= 0.3 is 0 Å². The molecular weight excluding hydrogens is 211 g/mol. The van der Waals surface area contributed by atoms with Crippen LogP contribution in [-0.4, -0.2) is 9.78 Å². The molecule has 2 rings (SSSR count). The highest BCUT2D eigenvalue weighted by atomic mass is 32.1. The van der Waals surface area contributed by atoms with Crippen LogP contribution in [0, 0.1) is 5.82 Å². The summed E-state index contributed by atoms with van der Waals surface area (Å²) in [6.07, 6.45) is 3.78. The van der Waals surface area contributed by atoms with Crippen molar-refractivity contribution in [2.45, 2.75) is 6.92 Å². The average molecular weight is 222 g/mol. The van der Waals surface area contributed by atoms with Crippen LogP contribution >= 0.6 is 12.6 Å². The number of allylic oxidation sites excluding steroid dienone is 1. The van der Waals surface area contributed by atoms with Gasteiger partial charge in [-0.2, -0.15) is 0 Å². The van der Waals surface area contributed by atoms with Crippen molar-refractivity contribution in [2.24, 2.45) is 0 Å². The zero-order valence-electron chi connectivity index (χ0n) is 8.24. The SMILES string of the molecule is C/C(S)=C/n1cc(-c2ccc(F)cc2)[nH]1. The fourth-order valence-corrected chi connectivity index (χ4v) is 1.44. The van der Waals surface area contributed by atoms with Crippen molar-refractivity contribution in [1.82, 2.24) is 9.78 Å². The Kier molecular flexibility index (Phi) is 2.68. The van der Waals surface area contributed by atoms with E-state index in [0.29, 0.717) is 0 Å². The third-order valence-corrected chi connectivity index (χ3v) is 2.11. The second-order valence-corrected chi connectivity index (χ2v) is 4.04. The van der Waals surface area contributed by atoms with Gasteiger partial charge in [-0.25, -0.2) is 4.39 Å². The van der Waals surface area contributed by atoms with Gasteiger partial charge in [0.05, 0.1) is 11.9 Å². The lowest BCUT2D eigenvalue weighted by atomic mass is 10.1. The van der Waals surface area contributed by atoms with E-state index >= 15 is 0 Å². The smallest absolute Gasteiger partial charge is 0.123 e. The molecule has 1 aromatic heterocycles. The van der Waals surface area contributed by atoms with E-state index in [1.165, 1.54) is 12.1 Å². The Balaban J connectivity index is 2.18. The number of rotatable bonds is 2. The molecule has 0 fully saturated rings. The average Bonchev–Trinajstić information content (AvgIpc) is 2.12. The minimum Gasteiger partial charge on any atom is -0.293 e. The van der Waals surface area contributed by atoms with Gasteiger partial charge in [-0.15, -0.1) is 12.6 Å². The molecule has 0 aliphatic heterocycles. The van der Waals surface area contributed by atoms with E-state index in [4.69, 9.17) is 0 Å². The summed E-state index contributed by atoms with van der Waals surface area (Å²) in [5.74, 6) is -0.221. The molecule has 15 heavy (non-hydrogen) atoms. The normalized spacial score (nSPS) is 12.1. The maximum Gasteiger partial charge on any atom is 0.123 e. The van der Waals surface area contributed by atoms with Crippen LogP contribution in [0.4, 0.5) is 4.39 Å². The molecule has 0 bridgehead atoms. The Morgan fingerprint density at radius 2 is 2.00 bits per heavy atom. The summed E-state index contributed by atoms with van der Waals surface area (Å²) in [7, 11) is 0. The Labute approximate surface area is 92.8 Å². The first-order valence-electron chi connectivity index (χ1n) is 4.55. The first-order chi connectivity index (χ1) is 7.15. The topological polar surface area (TPSA) is 20.7 Å². The standard InChI is InChI=1S/C11H11FN2S/c1-8(15)6-14-7-11(13-14)9-2-4-10(12)5-3-9/h2-7,13,15H,1H3/b8-6-. The molecule has 0 amide bonds. The first-order valence-corrected chi connectivity index (χ1v) is 5.00. The quantitative estimate of drug-likeness (QED) is 0.727. The minimum atomic E-state index is -0.221. The predicted octanol–water partition coefficient (Wildman–Crippen LogP) is 3.37. The van der Waals surface area contributed by atoms with Gasteiger partial charge in [0.15, 0.2) is 0 Å². The number of hydrogen-bond donors (Lipinski definition) is 2. The van der Waals surface area contributed by atoms with E-state index in [0.717, 1.165) is 16.2 Å². The van der Waals surface area contributed by atoms with Crippen molar-refractivity contribution in [3.8, 4) is 11.3 Å². The lowest BCUT2D eigenvalue weighted by Crippen LogP contribution is -2.03. The molecule has 0 spiro atoms. The van der Waals surface area contributed by atoms with Crippen LogP contribution in [0.2, 0.25) is 0 Å². The van der Waals surface area contributed by atoms with Crippen molar-refractivity contribution in [3.05, 3.63) is 41.2 Å². The molecule has 0 unspecified atom stereocenters. The molecule has 0 atom stereocenters. The molecule has 0 saturated heterocycles. The van der Waals surface area contributed by atoms with Crippen molar-refractivity contribution in [2.75, 3.05) is 0 Å². The summed E-state index contributed by atoms with van der Waals surface area (Å²) in [6.45, 7) is 1.90. The van der Waals surface area contributed by atoms with Crippen LogP contribution < -0.4 is 0 Å². The fraction of sp³-hybridized carbons (Fsp3) is 0.0909. The number of thiol groups is 1. The van der Waals surface area contributed by atoms with Crippen LogP contribution in [0.1, 0.15) is 6.92 Å². The summed E-state index contributed by atoms with van der Waals surface area (Å²) >= 11 is 4.16. The van der Waals surface area contributed by atoms with Gasteiger partial charge in [-0.05, 0) is 36.1 Å². The number of hydrogen-bond acceptors (Lipinski definition) is 1. The zero-order chi connectivity index (χ0) is 10.8. The number of benzene rings is 1. The third-order valence-electron chi connectivity index (χ3n) is 2.00. The van der Waals surface area contributed by atoms with Crippen molar-refractivity contribution >= 4 is 18.8 Å². The summed E-state index contributed by atoms with van der Waals surface area (Å²) in [6, 6.07) is 6.37. The highest BCUT2D eigenvalue weighted by Crippen LogP contribution is 2.19. The maximum absolute atomic E-state index is 12.7. The van der Waals surface area contributed by atoms with Gasteiger partial charge < -0.3 is 0 Å². The molecule has 1 heterocycles. The number of aromatic amines is 1. The maximum atomic E-state index is 12.7.